The van der Waals surface area contributed by atoms with Crippen LogP contribution in [0.5, 0.6) is 5.75 Å². The Balaban J connectivity index is 1.56. The van der Waals surface area contributed by atoms with Crippen LogP contribution < -0.4 is 15.0 Å². The molecule has 0 aliphatic carbocycles. The van der Waals surface area contributed by atoms with Gasteiger partial charge in [0.05, 0.1) is 20.2 Å². The van der Waals surface area contributed by atoms with Crippen molar-refractivity contribution in [1.29, 1.82) is 0 Å². The number of benzene rings is 3. The Morgan fingerprint density at radius 3 is 2.41 bits per heavy atom. The number of hydrogen-bond acceptors (Lipinski definition) is 4. The Morgan fingerprint density at radius 2 is 1.66 bits per heavy atom. The number of fused-ring (bicyclic) bond motifs is 1. The maximum atomic E-state index is 12.6. The summed E-state index contributed by atoms with van der Waals surface area (Å²) < 4.78 is 5.15. The molecule has 6 heteroatoms. The summed E-state index contributed by atoms with van der Waals surface area (Å²) >= 11 is 0. The van der Waals surface area contributed by atoms with Crippen LogP contribution in [0.1, 0.15) is 0 Å². The second-order valence-electron chi connectivity index (χ2n) is 6.92. The van der Waals surface area contributed by atoms with Crippen molar-refractivity contribution in [3.8, 4) is 5.75 Å². The van der Waals surface area contributed by atoms with E-state index in [4.69, 9.17) is 4.74 Å². The molecule has 0 saturated carbocycles. The lowest BCUT2D eigenvalue weighted by atomic mass is 10.1. The Bertz CT molecular complexity index is 1020. The number of methoxy groups -OCH3 is 1. The second kappa shape index (κ2) is 9.10. The van der Waals surface area contributed by atoms with Gasteiger partial charge in [-0.25, -0.2) is 0 Å². The first-order valence-corrected chi connectivity index (χ1v) is 9.34. The van der Waals surface area contributed by atoms with Gasteiger partial charge in [0.25, 0.3) is 0 Å². The third kappa shape index (κ3) is 5.25. The van der Waals surface area contributed by atoms with Crippen molar-refractivity contribution in [2.45, 2.75) is 0 Å². The van der Waals surface area contributed by atoms with Crippen LogP contribution in [0.15, 0.2) is 66.7 Å². The van der Waals surface area contributed by atoms with Gasteiger partial charge in [0.15, 0.2) is 0 Å². The normalized spacial score (nSPS) is 10.4. The van der Waals surface area contributed by atoms with Crippen molar-refractivity contribution in [2.24, 2.45) is 0 Å². The van der Waals surface area contributed by atoms with Crippen LogP contribution in [-0.2, 0) is 9.59 Å². The number of nitrogens with one attached hydrogen (secondary N) is 1. The van der Waals surface area contributed by atoms with E-state index < -0.39 is 0 Å². The average molecular weight is 391 g/mol. The van der Waals surface area contributed by atoms with E-state index in [1.165, 1.54) is 4.90 Å². The molecule has 3 aromatic carbocycles. The maximum Gasteiger partial charge on any atom is 0.243 e. The van der Waals surface area contributed by atoms with E-state index in [1.54, 1.807) is 38.4 Å². The van der Waals surface area contributed by atoms with E-state index >= 15 is 0 Å². The van der Waals surface area contributed by atoms with Gasteiger partial charge < -0.3 is 19.9 Å². The molecule has 3 aromatic rings. The fraction of sp³-hybridized carbons (Fsp3) is 0.217. The van der Waals surface area contributed by atoms with Crippen LogP contribution in [-0.4, -0.2) is 51.0 Å². The topological polar surface area (TPSA) is 61.9 Å². The summed E-state index contributed by atoms with van der Waals surface area (Å²) in [6.07, 6.45) is 0. The fourth-order valence-corrected chi connectivity index (χ4v) is 3.03. The number of anilines is 2. The van der Waals surface area contributed by atoms with Gasteiger partial charge in [0, 0.05) is 31.5 Å². The fourth-order valence-electron chi connectivity index (χ4n) is 3.03. The summed E-state index contributed by atoms with van der Waals surface area (Å²) in [6, 6.07) is 21.3. The number of rotatable bonds is 7. The van der Waals surface area contributed by atoms with Crippen LogP contribution in [0, 0.1) is 0 Å². The zero-order chi connectivity index (χ0) is 20.8. The smallest absolute Gasteiger partial charge is 0.243 e. The molecule has 0 spiro atoms. The van der Waals surface area contributed by atoms with E-state index in [-0.39, 0.29) is 24.9 Å². The van der Waals surface area contributed by atoms with E-state index in [9.17, 15) is 9.59 Å². The predicted octanol–water partition coefficient (Wildman–Crippen LogP) is 3.38. The highest BCUT2D eigenvalue weighted by atomic mass is 16.5. The first-order valence-electron chi connectivity index (χ1n) is 9.34. The summed E-state index contributed by atoms with van der Waals surface area (Å²) in [7, 11) is 5.06. The molecule has 0 fully saturated rings. The highest BCUT2D eigenvalue weighted by Crippen LogP contribution is 2.21. The van der Waals surface area contributed by atoms with Gasteiger partial charge in [-0.3, -0.25) is 9.59 Å². The molecule has 0 atom stereocenters. The number of carbonyl (C=O) groups excluding carboxylic acids is 2. The first-order chi connectivity index (χ1) is 14.0. The van der Waals surface area contributed by atoms with E-state index in [0.717, 1.165) is 16.5 Å². The molecular weight excluding hydrogens is 366 g/mol. The van der Waals surface area contributed by atoms with Crippen molar-refractivity contribution in [3.05, 3.63) is 66.7 Å². The molecular formula is C23H25N3O3. The van der Waals surface area contributed by atoms with E-state index in [1.807, 2.05) is 42.3 Å². The molecule has 29 heavy (non-hydrogen) atoms. The number of likely N-dealkylation sites (N-methyl/N-ethyl adjacent to an activating group) is 2. The molecule has 6 nitrogen and oxygen atoms in total. The quantitative estimate of drug-likeness (QED) is 0.671. The monoisotopic (exact) mass is 391 g/mol. The number of amides is 2. The van der Waals surface area contributed by atoms with Gasteiger partial charge >= 0.3 is 0 Å². The van der Waals surface area contributed by atoms with Crippen molar-refractivity contribution in [1.82, 2.24) is 4.90 Å². The van der Waals surface area contributed by atoms with E-state index in [0.29, 0.717) is 11.4 Å². The van der Waals surface area contributed by atoms with Gasteiger partial charge in [-0.1, -0.05) is 36.4 Å². The molecule has 1 N–H and O–H groups in total. The summed E-state index contributed by atoms with van der Waals surface area (Å²) in [5.74, 6) is 0.258. The number of carbonyl (C=O) groups is 2. The molecule has 0 aliphatic rings. The summed E-state index contributed by atoms with van der Waals surface area (Å²) in [6.45, 7) is 0.156. The molecule has 0 unspecified atom stereocenters. The molecule has 0 bridgehead atoms. The summed E-state index contributed by atoms with van der Waals surface area (Å²) in [4.78, 5) is 28.1. The van der Waals surface area contributed by atoms with Gasteiger partial charge in [-0.05, 0) is 35.0 Å². The molecule has 3 rings (SSSR count). The van der Waals surface area contributed by atoms with Crippen molar-refractivity contribution >= 4 is 34.0 Å². The zero-order valence-corrected chi connectivity index (χ0v) is 16.9. The SMILES string of the molecule is COc1cccc(NC(=O)CN(C)C(=O)CN(C)c2ccc3ccccc3c2)c1. The van der Waals surface area contributed by atoms with Crippen molar-refractivity contribution in [3.63, 3.8) is 0 Å². The van der Waals surface area contributed by atoms with Gasteiger partial charge in [0.2, 0.25) is 11.8 Å². The van der Waals surface area contributed by atoms with Gasteiger partial charge in [-0.15, -0.1) is 0 Å². The van der Waals surface area contributed by atoms with Crippen molar-refractivity contribution in [2.75, 3.05) is 44.5 Å². The zero-order valence-electron chi connectivity index (χ0n) is 16.9. The van der Waals surface area contributed by atoms with Crippen LogP contribution in [0.2, 0.25) is 0 Å². The Morgan fingerprint density at radius 1 is 0.897 bits per heavy atom. The molecule has 0 aromatic heterocycles. The van der Waals surface area contributed by atoms with Gasteiger partial charge in [0.1, 0.15) is 5.75 Å². The maximum absolute atomic E-state index is 12.6. The lowest BCUT2D eigenvalue weighted by Crippen LogP contribution is -2.40. The molecule has 0 aliphatic heterocycles. The number of hydrogen-bond donors (Lipinski definition) is 1. The highest BCUT2D eigenvalue weighted by Gasteiger charge is 2.16. The lowest BCUT2D eigenvalue weighted by molar-refractivity contribution is -0.132. The third-order valence-electron chi connectivity index (χ3n) is 4.71. The Hall–Kier alpha value is -3.54. The lowest BCUT2D eigenvalue weighted by Gasteiger charge is -2.23. The average Bonchev–Trinajstić information content (AvgIpc) is 2.73. The van der Waals surface area contributed by atoms with Crippen LogP contribution in [0.4, 0.5) is 11.4 Å². The van der Waals surface area contributed by atoms with E-state index in [2.05, 4.69) is 17.4 Å². The van der Waals surface area contributed by atoms with Gasteiger partial charge in [-0.2, -0.15) is 0 Å². The summed E-state index contributed by atoms with van der Waals surface area (Å²) in [5.41, 5.74) is 1.58. The molecule has 0 heterocycles. The minimum atomic E-state index is -0.262. The third-order valence-corrected chi connectivity index (χ3v) is 4.71. The van der Waals surface area contributed by atoms with Crippen LogP contribution in [0.3, 0.4) is 0 Å². The van der Waals surface area contributed by atoms with Crippen LogP contribution in [0.25, 0.3) is 10.8 Å². The molecule has 150 valence electrons. The first kappa shape index (κ1) is 20.2. The van der Waals surface area contributed by atoms with Crippen LogP contribution >= 0.6 is 0 Å². The standard InChI is InChI=1S/C23H25N3O3/c1-25(20-12-11-17-7-4-5-8-18(17)13-20)16-23(28)26(2)15-22(27)24-19-9-6-10-21(14-19)29-3/h4-14H,15-16H2,1-3H3,(H,24,27). The number of nitrogens with zero attached hydrogens (tertiary/aromatic N) is 2. The largest absolute Gasteiger partial charge is 0.497 e. The highest BCUT2D eigenvalue weighted by molar-refractivity contribution is 5.95. The minimum absolute atomic E-state index is 0.0262. The molecule has 2 amide bonds. The minimum Gasteiger partial charge on any atom is -0.497 e. The second-order valence-corrected chi connectivity index (χ2v) is 6.92. The Labute approximate surface area is 170 Å². The molecule has 0 radical (unpaired) electrons. The Kier molecular flexibility index (Phi) is 6.34. The number of ether oxygens (including phenoxy) is 1. The predicted molar refractivity (Wildman–Crippen MR) is 116 cm³/mol. The summed E-state index contributed by atoms with van der Waals surface area (Å²) in [5, 5.41) is 5.06. The molecule has 0 saturated heterocycles. The van der Waals surface area contributed by atoms with Crippen molar-refractivity contribution < 1.29 is 14.3 Å².